The summed E-state index contributed by atoms with van der Waals surface area (Å²) in [6.45, 7) is 10.4. The molecule has 2 aliphatic heterocycles. The number of nitrogens with zero attached hydrogens (tertiary/aromatic N) is 3. The lowest BCUT2D eigenvalue weighted by Gasteiger charge is -2.61. The minimum absolute atomic E-state index is 0.0551. The first-order valence-electron chi connectivity index (χ1n) is 16.2. The average molecular weight is 660 g/mol. The van der Waals surface area contributed by atoms with Gasteiger partial charge in [-0.3, -0.25) is 15.4 Å². The summed E-state index contributed by atoms with van der Waals surface area (Å²) in [6.07, 6.45) is 7.49. The van der Waals surface area contributed by atoms with Crippen LogP contribution in [0, 0.1) is 22.7 Å². The number of carboxylic acids is 1. The molecule has 256 valence electrons. The van der Waals surface area contributed by atoms with Crippen LogP contribution < -0.4 is 15.5 Å². The number of amides is 1. The van der Waals surface area contributed by atoms with Crippen molar-refractivity contribution in [3.63, 3.8) is 0 Å². The molecule has 2 fully saturated rings. The van der Waals surface area contributed by atoms with Crippen molar-refractivity contribution in [2.75, 3.05) is 32.1 Å². The first-order chi connectivity index (χ1) is 22.7. The number of carbonyl (C=O) groups excluding carboxylic acids is 2. The molecule has 0 radical (unpaired) electrons. The van der Waals surface area contributed by atoms with Gasteiger partial charge in [-0.2, -0.15) is 0 Å². The Hall–Kier alpha value is -4.39. The van der Waals surface area contributed by atoms with E-state index in [2.05, 4.69) is 34.1 Å². The second-order valence-corrected chi connectivity index (χ2v) is 13.8. The fourth-order valence-corrected chi connectivity index (χ4v) is 7.70. The number of nitrogens with one attached hydrogen (secondary N) is 2. The molecule has 0 aromatic heterocycles. The molecular formula is C36H45N5O7. The van der Waals surface area contributed by atoms with Crippen LogP contribution in [-0.4, -0.2) is 90.8 Å². The highest BCUT2D eigenvalue weighted by atomic mass is 16.5. The van der Waals surface area contributed by atoms with E-state index in [9.17, 15) is 29.7 Å². The number of aliphatic hydroxyl groups excluding tert-OH is 2. The molecule has 1 aromatic rings. The molecule has 1 amide bonds. The molecule has 12 heteroatoms. The van der Waals surface area contributed by atoms with Crippen LogP contribution in [0.25, 0.3) is 5.57 Å². The maximum Gasteiger partial charge on any atom is 0.343 e. The van der Waals surface area contributed by atoms with Crippen LogP contribution >= 0.6 is 0 Å². The molecule has 0 bridgehead atoms. The van der Waals surface area contributed by atoms with Crippen molar-refractivity contribution in [3.8, 4) is 0 Å². The molecule has 5 rings (SSSR count). The van der Waals surface area contributed by atoms with Gasteiger partial charge < -0.3 is 25.0 Å². The van der Waals surface area contributed by atoms with Crippen molar-refractivity contribution >= 4 is 41.3 Å². The highest BCUT2D eigenvalue weighted by Crippen LogP contribution is 2.61. The van der Waals surface area contributed by atoms with Crippen molar-refractivity contribution in [1.82, 2.24) is 10.6 Å². The van der Waals surface area contributed by atoms with Gasteiger partial charge in [0.15, 0.2) is 0 Å². The van der Waals surface area contributed by atoms with E-state index < -0.39 is 34.9 Å². The van der Waals surface area contributed by atoms with Crippen LogP contribution in [0.3, 0.4) is 0 Å². The van der Waals surface area contributed by atoms with Crippen molar-refractivity contribution in [2.45, 2.75) is 58.2 Å². The number of anilines is 1. The zero-order valence-electron chi connectivity index (χ0n) is 28.1. The van der Waals surface area contributed by atoms with Gasteiger partial charge in [-0.1, -0.05) is 50.3 Å². The van der Waals surface area contributed by atoms with Crippen LogP contribution in [0.5, 0.6) is 0 Å². The Labute approximate surface area is 280 Å². The maximum absolute atomic E-state index is 13.1. The minimum atomic E-state index is -1.23. The fourth-order valence-electron chi connectivity index (χ4n) is 7.70. The van der Waals surface area contributed by atoms with Gasteiger partial charge in [0, 0.05) is 43.4 Å². The quantitative estimate of drug-likeness (QED) is 0.152. The van der Waals surface area contributed by atoms with E-state index in [1.807, 2.05) is 32.0 Å². The second kappa shape index (κ2) is 13.6. The van der Waals surface area contributed by atoms with Gasteiger partial charge in [-0.25, -0.2) is 19.6 Å². The third-order valence-electron chi connectivity index (χ3n) is 10.6. The Morgan fingerprint density at radius 1 is 1.23 bits per heavy atom. The molecule has 48 heavy (non-hydrogen) atoms. The molecule has 4 unspecified atom stereocenters. The summed E-state index contributed by atoms with van der Waals surface area (Å²) in [5, 5.41) is 37.9. The van der Waals surface area contributed by atoms with Crippen LogP contribution in [0.2, 0.25) is 0 Å². The summed E-state index contributed by atoms with van der Waals surface area (Å²) in [5.41, 5.74) is 0.870. The number of aliphatic imine (C=N–C) groups is 2. The zero-order valence-corrected chi connectivity index (χ0v) is 28.1. The lowest BCUT2D eigenvalue weighted by Crippen LogP contribution is -2.62. The Balaban J connectivity index is 1.47. The number of carbonyl (C=O) groups is 3. The Bertz CT molecular complexity index is 1640. The Kier molecular flexibility index (Phi) is 9.91. The molecule has 1 aromatic carbocycles. The predicted molar refractivity (Wildman–Crippen MR) is 183 cm³/mol. The molecule has 4 aliphatic rings. The molecule has 2 heterocycles. The normalized spacial score (nSPS) is 31.6. The number of rotatable bonds is 9. The van der Waals surface area contributed by atoms with Crippen molar-refractivity contribution < 1.29 is 34.4 Å². The highest BCUT2D eigenvalue weighted by molar-refractivity contribution is 6.18. The smallest absolute Gasteiger partial charge is 0.343 e. The van der Waals surface area contributed by atoms with Gasteiger partial charge in [-0.15, -0.1) is 0 Å². The first kappa shape index (κ1) is 34.9. The predicted octanol–water partition coefficient (Wildman–Crippen LogP) is 2.84. The number of guanidine groups is 1. The lowest BCUT2D eigenvalue weighted by molar-refractivity contribution is -0.149. The molecule has 0 spiro atoms. The summed E-state index contributed by atoms with van der Waals surface area (Å²) in [4.78, 5) is 48.5. The van der Waals surface area contributed by atoms with Crippen LogP contribution in [0.1, 0.15) is 45.6 Å². The van der Waals surface area contributed by atoms with Gasteiger partial charge in [0.05, 0.1) is 30.9 Å². The van der Waals surface area contributed by atoms with E-state index in [1.165, 1.54) is 6.08 Å². The van der Waals surface area contributed by atoms with E-state index in [0.717, 1.165) is 11.3 Å². The molecule has 5 N–H and O–H groups in total. The summed E-state index contributed by atoms with van der Waals surface area (Å²) in [6, 6.07) is 5.92. The number of aliphatic hydroxyl groups is 2. The molecule has 7 atom stereocenters. The summed E-state index contributed by atoms with van der Waals surface area (Å²) in [7, 11) is 3.76. The number of ether oxygens (including phenoxy) is 1. The van der Waals surface area contributed by atoms with E-state index >= 15 is 0 Å². The third-order valence-corrected chi connectivity index (χ3v) is 10.6. The zero-order chi connectivity index (χ0) is 35.0. The largest absolute Gasteiger partial charge is 0.478 e. The van der Waals surface area contributed by atoms with Gasteiger partial charge in [0.1, 0.15) is 11.3 Å². The number of allylic oxidation sites excluding steroid dienone is 2. The number of benzene rings is 1. The summed E-state index contributed by atoms with van der Waals surface area (Å²) in [5.74, 6) is -2.52. The van der Waals surface area contributed by atoms with E-state index in [-0.39, 0.29) is 53.3 Å². The highest BCUT2D eigenvalue weighted by Gasteiger charge is 2.59. The van der Waals surface area contributed by atoms with Crippen LogP contribution in [0.15, 0.2) is 76.0 Å². The van der Waals surface area contributed by atoms with Crippen molar-refractivity contribution in [1.29, 1.82) is 0 Å². The number of cyclic esters (lactones) is 1. The van der Waals surface area contributed by atoms with Gasteiger partial charge in [0.25, 0.3) is 0 Å². The second-order valence-electron chi connectivity index (χ2n) is 13.8. The molecule has 2 aliphatic carbocycles. The Morgan fingerprint density at radius 2 is 1.94 bits per heavy atom. The van der Waals surface area contributed by atoms with Crippen molar-refractivity contribution in [2.24, 2.45) is 32.7 Å². The summed E-state index contributed by atoms with van der Waals surface area (Å²) < 4.78 is 5.49. The van der Waals surface area contributed by atoms with Crippen LogP contribution in [0.4, 0.5) is 5.69 Å². The number of hydrogen-bond acceptors (Lipinski definition) is 10. The molecule has 12 nitrogen and oxygen atoms in total. The minimum Gasteiger partial charge on any atom is -0.478 e. The number of fused-ring (bicyclic) bond motifs is 1. The summed E-state index contributed by atoms with van der Waals surface area (Å²) >= 11 is 0. The lowest BCUT2D eigenvalue weighted by atomic mass is 9.45. The SMILES string of the molecule is C=C1C(NC(C)C(=O)NC2=NCC=N2)CC2[C@](C)(CC[C@@H](O)[C@@]2(C)CO)C1/C=C/C1=CC(=C(/C(=O)O)c2ccc(N(C)C)cc2)/OC1=O. The average Bonchev–Trinajstić information content (AvgIpc) is 3.69. The third kappa shape index (κ3) is 6.52. The van der Waals surface area contributed by atoms with E-state index in [0.29, 0.717) is 31.4 Å². The standard InChI is InChI=1S/C36H45N5O7/c1-20-25(12-9-23-17-27(48-33(23)47)30(32(45)46)22-7-10-24(11-8-22)41(5)6)35(3)14-13-29(43)36(4,19-42)28(35)18-26(20)39-21(2)31(44)40-34-37-15-16-38-34/h7-12,15,17,21,25-26,28-29,39,42-43H,1,13-14,16,18-19H2,2-6H3,(H,45,46)(H,38,40,44)/b12-9+,30-27-/t21?,25?,26?,28?,29-,35-,36+/m1/s1. The fraction of sp³-hybridized carbons (Fsp3) is 0.472. The maximum atomic E-state index is 13.1. The number of esters is 1. The van der Waals surface area contributed by atoms with Crippen molar-refractivity contribution in [3.05, 3.63) is 71.5 Å². The number of carboxylic acid groups (broad SMARTS) is 1. The number of hydrogen-bond donors (Lipinski definition) is 5. The van der Waals surface area contributed by atoms with Gasteiger partial charge in [-0.05, 0) is 61.3 Å². The topological polar surface area (TPSA) is 173 Å². The van der Waals surface area contributed by atoms with E-state index in [4.69, 9.17) is 4.74 Å². The molecule has 2 saturated carbocycles. The molecular weight excluding hydrogens is 614 g/mol. The Morgan fingerprint density at radius 3 is 2.54 bits per heavy atom. The number of aliphatic carboxylic acids is 1. The first-order valence-corrected chi connectivity index (χ1v) is 16.2. The van der Waals surface area contributed by atoms with Gasteiger partial charge >= 0.3 is 11.9 Å². The van der Waals surface area contributed by atoms with Crippen LogP contribution in [-0.2, 0) is 19.1 Å². The monoisotopic (exact) mass is 659 g/mol. The van der Waals surface area contributed by atoms with E-state index in [1.54, 1.807) is 43.5 Å². The molecule has 0 saturated heterocycles. The van der Waals surface area contributed by atoms with Gasteiger partial charge in [0.2, 0.25) is 11.9 Å².